The standard InChI is InChI=1S/C18H13FO4S/c1-9-12(6-10-2-4-14(20)13(19)7-10)18(23)24-17(9)11-3-5-15(21)16(22)8-11/h2-8,20-22H,1H3/b12-6-. The number of hydrogen-bond acceptors (Lipinski definition) is 5. The van der Waals surface area contributed by atoms with Crippen molar-refractivity contribution in [3.8, 4) is 17.2 Å². The molecule has 1 heterocycles. The monoisotopic (exact) mass is 344 g/mol. The minimum atomic E-state index is -0.757. The summed E-state index contributed by atoms with van der Waals surface area (Å²) < 4.78 is 13.4. The van der Waals surface area contributed by atoms with Crippen molar-refractivity contribution in [2.45, 2.75) is 6.92 Å². The maximum atomic E-state index is 13.4. The number of aromatic hydroxyl groups is 3. The largest absolute Gasteiger partial charge is 0.505 e. The molecule has 0 bridgehead atoms. The molecule has 0 saturated carbocycles. The van der Waals surface area contributed by atoms with E-state index in [9.17, 15) is 24.5 Å². The van der Waals surface area contributed by atoms with Crippen molar-refractivity contribution in [3.05, 3.63) is 64.5 Å². The molecule has 0 aliphatic carbocycles. The van der Waals surface area contributed by atoms with Gasteiger partial charge in [-0.3, -0.25) is 4.79 Å². The van der Waals surface area contributed by atoms with Gasteiger partial charge in [0.15, 0.2) is 23.1 Å². The lowest BCUT2D eigenvalue weighted by atomic mass is 10.0. The summed E-state index contributed by atoms with van der Waals surface area (Å²) in [6.07, 6.45) is 1.56. The highest BCUT2D eigenvalue weighted by Crippen LogP contribution is 2.45. The van der Waals surface area contributed by atoms with E-state index in [2.05, 4.69) is 0 Å². The van der Waals surface area contributed by atoms with Crippen molar-refractivity contribution in [3.63, 3.8) is 0 Å². The summed E-state index contributed by atoms with van der Waals surface area (Å²) in [6.45, 7) is 1.76. The molecule has 0 saturated heterocycles. The van der Waals surface area contributed by atoms with Crippen molar-refractivity contribution in [1.29, 1.82) is 0 Å². The number of halogens is 1. The van der Waals surface area contributed by atoms with Gasteiger partial charge >= 0.3 is 0 Å². The normalized spacial score (nSPS) is 16.2. The molecule has 0 aromatic heterocycles. The first-order valence-electron chi connectivity index (χ1n) is 7.03. The SMILES string of the molecule is CC1=C(c2ccc(O)c(O)c2)SC(=O)/C1=C\c1ccc(O)c(F)c1. The number of rotatable bonds is 2. The van der Waals surface area contributed by atoms with Crippen LogP contribution in [0, 0.1) is 5.82 Å². The van der Waals surface area contributed by atoms with Gasteiger partial charge in [0.25, 0.3) is 0 Å². The Labute approximate surface area is 141 Å². The lowest BCUT2D eigenvalue weighted by molar-refractivity contribution is -0.107. The number of carbonyl (C=O) groups excluding carboxylic acids is 1. The topological polar surface area (TPSA) is 77.8 Å². The summed E-state index contributed by atoms with van der Waals surface area (Å²) in [6, 6.07) is 8.24. The number of carbonyl (C=O) groups is 1. The van der Waals surface area contributed by atoms with Crippen LogP contribution in [0.1, 0.15) is 18.1 Å². The molecule has 3 N–H and O–H groups in total. The second-order valence-electron chi connectivity index (χ2n) is 5.32. The van der Waals surface area contributed by atoms with Crippen molar-refractivity contribution in [2.24, 2.45) is 0 Å². The minimum Gasteiger partial charge on any atom is -0.505 e. The Bertz CT molecular complexity index is 915. The van der Waals surface area contributed by atoms with E-state index in [-0.39, 0.29) is 16.6 Å². The quantitative estimate of drug-likeness (QED) is 0.566. The van der Waals surface area contributed by atoms with Crippen LogP contribution in [0.3, 0.4) is 0 Å². The molecule has 0 fully saturated rings. The number of phenols is 3. The van der Waals surface area contributed by atoms with E-state index >= 15 is 0 Å². The molecule has 0 unspecified atom stereocenters. The summed E-state index contributed by atoms with van der Waals surface area (Å²) in [7, 11) is 0. The number of phenolic OH excluding ortho intramolecular Hbond substituents is 3. The lowest BCUT2D eigenvalue weighted by Crippen LogP contribution is -1.91. The summed E-state index contributed by atoms with van der Waals surface area (Å²) in [5.41, 5.74) is 2.20. The van der Waals surface area contributed by atoms with E-state index in [0.717, 1.165) is 17.8 Å². The highest BCUT2D eigenvalue weighted by atomic mass is 32.2. The molecule has 3 rings (SSSR count). The van der Waals surface area contributed by atoms with Crippen molar-refractivity contribution >= 4 is 27.9 Å². The molecule has 0 spiro atoms. The van der Waals surface area contributed by atoms with E-state index in [1.807, 2.05) is 0 Å². The smallest absolute Gasteiger partial charge is 0.224 e. The first-order valence-corrected chi connectivity index (χ1v) is 7.84. The van der Waals surface area contributed by atoms with Gasteiger partial charge in [0.1, 0.15) is 0 Å². The van der Waals surface area contributed by atoms with Crippen LogP contribution in [0.2, 0.25) is 0 Å². The minimum absolute atomic E-state index is 0.191. The third-order valence-corrected chi connectivity index (χ3v) is 4.83. The summed E-state index contributed by atoms with van der Waals surface area (Å²) in [5, 5.41) is 28.1. The molecule has 0 amide bonds. The average molecular weight is 344 g/mol. The van der Waals surface area contributed by atoms with Crippen LogP contribution in [-0.4, -0.2) is 20.4 Å². The van der Waals surface area contributed by atoms with E-state index in [0.29, 0.717) is 27.2 Å². The molecule has 2 aromatic rings. The fourth-order valence-corrected chi connectivity index (χ4v) is 3.40. The number of hydrogen-bond donors (Lipinski definition) is 3. The van der Waals surface area contributed by atoms with Gasteiger partial charge in [0, 0.05) is 10.5 Å². The Morgan fingerprint density at radius 3 is 2.38 bits per heavy atom. The molecule has 24 heavy (non-hydrogen) atoms. The fourth-order valence-electron chi connectivity index (χ4n) is 2.39. The number of thioether (sulfide) groups is 1. The maximum Gasteiger partial charge on any atom is 0.224 e. The summed E-state index contributed by atoms with van der Waals surface area (Å²) in [5.74, 6) is -1.70. The first kappa shape index (κ1) is 16.1. The van der Waals surface area contributed by atoms with Crippen LogP contribution in [0.15, 0.2) is 47.5 Å². The van der Waals surface area contributed by atoms with Gasteiger partial charge in [-0.25, -0.2) is 4.39 Å². The van der Waals surface area contributed by atoms with Crippen molar-refractivity contribution < 1.29 is 24.5 Å². The summed E-state index contributed by atoms with van der Waals surface area (Å²) in [4.78, 5) is 12.9. The molecule has 2 aromatic carbocycles. The highest BCUT2D eigenvalue weighted by Gasteiger charge is 2.27. The Kier molecular flexibility index (Phi) is 4.07. The third-order valence-electron chi connectivity index (χ3n) is 3.68. The predicted molar refractivity (Wildman–Crippen MR) is 91.0 cm³/mol. The molecule has 0 radical (unpaired) electrons. The summed E-state index contributed by atoms with van der Waals surface area (Å²) >= 11 is 1.01. The molecule has 0 atom stereocenters. The molecular formula is C18H13FO4S. The van der Waals surface area contributed by atoms with E-state index in [4.69, 9.17) is 0 Å². The van der Waals surface area contributed by atoms with Crippen LogP contribution in [0.5, 0.6) is 17.2 Å². The maximum absolute atomic E-state index is 13.4. The highest BCUT2D eigenvalue weighted by molar-refractivity contribution is 8.22. The zero-order chi connectivity index (χ0) is 17.4. The number of allylic oxidation sites excluding steroid dienone is 1. The van der Waals surface area contributed by atoms with Crippen LogP contribution in [0.4, 0.5) is 4.39 Å². The fraction of sp³-hybridized carbons (Fsp3) is 0.0556. The molecule has 122 valence electrons. The van der Waals surface area contributed by atoms with Crippen LogP contribution in [0.25, 0.3) is 11.0 Å². The second kappa shape index (κ2) is 6.05. The average Bonchev–Trinajstić information content (AvgIpc) is 2.82. The Morgan fingerprint density at radius 1 is 1.00 bits per heavy atom. The van der Waals surface area contributed by atoms with Crippen LogP contribution in [-0.2, 0) is 4.79 Å². The van der Waals surface area contributed by atoms with Gasteiger partial charge in [-0.15, -0.1) is 0 Å². The molecule has 1 aliphatic heterocycles. The third kappa shape index (κ3) is 2.88. The van der Waals surface area contributed by atoms with Gasteiger partial charge in [0.05, 0.1) is 0 Å². The van der Waals surface area contributed by atoms with Gasteiger partial charge < -0.3 is 15.3 Å². The van der Waals surface area contributed by atoms with Crippen molar-refractivity contribution in [2.75, 3.05) is 0 Å². The van der Waals surface area contributed by atoms with Gasteiger partial charge in [-0.2, -0.15) is 0 Å². The molecule has 4 nitrogen and oxygen atoms in total. The Morgan fingerprint density at radius 2 is 1.71 bits per heavy atom. The van der Waals surface area contributed by atoms with Crippen molar-refractivity contribution in [1.82, 2.24) is 0 Å². The zero-order valence-corrected chi connectivity index (χ0v) is 13.4. The Balaban J connectivity index is 2.04. The van der Waals surface area contributed by atoms with Gasteiger partial charge in [-0.1, -0.05) is 6.07 Å². The molecule has 1 aliphatic rings. The van der Waals surface area contributed by atoms with Crippen LogP contribution < -0.4 is 0 Å². The second-order valence-corrected chi connectivity index (χ2v) is 6.30. The van der Waals surface area contributed by atoms with Gasteiger partial charge in [0.2, 0.25) is 5.12 Å². The lowest BCUT2D eigenvalue weighted by Gasteiger charge is -2.04. The Hall–Kier alpha value is -2.73. The first-order chi connectivity index (χ1) is 11.4. The van der Waals surface area contributed by atoms with E-state index in [1.165, 1.54) is 24.3 Å². The molecule has 6 heteroatoms. The van der Waals surface area contributed by atoms with Crippen LogP contribution >= 0.6 is 11.8 Å². The number of benzene rings is 2. The van der Waals surface area contributed by atoms with E-state index in [1.54, 1.807) is 19.1 Å². The van der Waals surface area contributed by atoms with E-state index < -0.39 is 11.6 Å². The predicted octanol–water partition coefficient (Wildman–Crippen LogP) is 4.03. The zero-order valence-electron chi connectivity index (χ0n) is 12.6. The van der Waals surface area contributed by atoms with Gasteiger partial charge in [-0.05, 0) is 71.8 Å². The molecular weight excluding hydrogens is 331 g/mol.